The summed E-state index contributed by atoms with van der Waals surface area (Å²) in [6, 6.07) is 3.96. The number of nitrogens with zero attached hydrogens (tertiary/aromatic N) is 3. The molecule has 0 aliphatic rings. The second-order valence-electron chi connectivity index (χ2n) is 4.92. The summed E-state index contributed by atoms with van der Waals surface area (Å²) in [5.74, 6) is 0.0231. The maximum Gasteiger partial charge on any atom is 0.264 e. The van der Waals surface area contributed by atoms with E-state index in [0.717, 1.165) is 22.3 Å². The van der Waals surface area contributed by atoms with E-state index >= 15 is 0 Å². The van der Waals surface area contributed by atoms with Gasteiger partial charge in [-0.15, -0.1) is 0 Å². The summed E-state index contributed by atoms with van der Waals surface area (Å²) in [7, 11) is 0. The molecule has 102 valence electrons. The highest BCUT2D eigenvalue weighted by Crippen LogP contribution is 2.31. The molecule has 0 saturated carbocycles. The Hall–Kier alpha value is -2.63. The molecule has 6 nitrogen and oxygen atoms in total. The lowest BCUT2D eigenvalue weighted by Gasteiger charge is -2.12. The van der Waals surface area contributed by atoms with Crippen LogP contribution in [0.2, 0.25) is 0 Å². The summed E-state index contributed by atoms with van der Waals surface area (Å²) in [6.45, 7) is 5.83. The third-order valence-electron chi connectivity index (χ3n) is 3.35. The first-order valence-electron chi connectivity index (χ1n) is 6.22. The van der Waals surface area contributed by atoms with Crippen LogP contribution >= 0.6 is 0 Å². The van der Waals surface area contributed by atoms with Crippen molar-refractivity contribution in [3.8, 4) is 17.0 Å². The fourth-order valence-electron chi connectivity index (χ4n) is 2.65. The van der Waals surface area contributed by atoms with E-state index in [1.807, 2.05) is 32.9 Å². The minimum absolute atomic E-state index is 0.198. The molecule has 20 heavy (non-hydrogen) atoms. The summed E-state index contributed by atoms with van der Waals surface area (Å²) in [6.07, 6.45) is 1.28. The SMILES string of the molecule is Cc1cc(C)c(-c2c(O)n3ncnc3[nH]c2=O)c(C)c1. The highest BCUT2D eigenvalue weighted by atomic mass is 16.3. The average Bonchev–Trinajstić information content (AvgIpc) is 2.80. The van der Waals surface area contributed by atoms with Gasteiger partial charge in [0.1, 0.15) is 11.9 Å². The van der Waals surface area contributed by atoms with Crippen LogP contribution in [0.1, 0.15) is 16.7 Å². The molecule has 2 aromatic heterocycles. The zero-order chi connectivity index (χ0) is 14.4. The number of hydrogen-bond acceptors (Lipinski definition) is 4. The lowest BCUT2D eigenvalue weighted by Crippen LogP contribution is -2.14. The number of benzene rings is 1. The van der Waals surface area contributed by atoms with Crippen molar-refractivity contribution in [3.05, 3.63) is 45.5 Å². The van der Waals surface area contributed by atoms with Gasteiger partial charge >= 0.3 is 0 Å². The van der Waals surface area contributed by atoms with E-state index in [1.54, 1.807) is 0 Å². The molecular formula is C14H14N4O2. The highest BCUT2D eigenvalue weighted by Gasteiger charge is 2.18. The van der Waals surface area contributed by atoms with Gasteiger partial charge in [-0.05, 0) is 37.5 Å². The molecule has 6 heteroatoms. The molecular weight excluding hydrogens is 256 g/mol. The van der Waals surface area contributed by atoms with E-state index in [2.05, 4.69) is 15.1 Å². The van der Waals surface area contributed by atoms with Gasteiger partial charge in [0.15, 0.2) is 0 Å². The van der Waals surface area contributed by atoms with Gasteiger partial charge in [0.05, 0.1) is 0 Å². The Bertz CT molecular complexity index is 853. The monoisotopic (exact) mass is 270 g/mol. The number of fused-ring (bicyclic) bond motifs is 1. The summed E-state index contributed by atoms with van der Waals surface area (Å²) in [4.78, 5) is 18.7. The van der Waals surface area contributed by atoms with Crippen molar-refractivity contribution < 1.29 is 5.11 Å². The van der Waals surface area contributed by atoms with Crippen LogP contribution in [0.15, 0.2) is 23.3 Å². The summed E-state index contributed by atoms with van der Waals surface area (Å²) < 4.78 is 1.22. The molecule has 0 radical (unpaired) electrons. The molecule has 1 aromatic carbocycles. The van der Waals surface area contributed by atoms with E-state index in [1.165, 1.54) is 10.8 Å². The maximum absolute atomic E-state index is 12.2. The molecule has 3 rings (SSSR count). The molecule has 0 saturated heterocycles. The van der Waals surface area contributed by atoms with Crippen LogP contribution in [-0.2, 0) is 0 Å². The number of hydrogen-bond donors (Lipinski definition) is 2. The van der Waals surface area contributed by atoms with E-state index in [0.29, 0.717) is 0 Å². The molecule has 0 bridgehead atoms. The van der Waals surface area contributed by atoms with Crippen molar-refractivity contribution in [2.45, 2.75) is 20.8 Å². The number of rotatable bonds is 1. The Balaban J connectivity index is 2.44. The first-order chi connectivity index (χ1) is 9.49. The molecule has 3 aromatic rings. The van der Waals surface area contributed by atoms with Crippen LogP contribution in [0, 0.1) is 20.8 Å². The fraction of sp³-hybridized carbons (Fsp3) is 0.214. The van der Waals surface area contributed by atoms with E-state index in [-0.39, 0.29) is 22.8 Å². The first kappa shape index (κ1) is 12.4. The van der Waals surface area contributed by atoms with Crippen molar-refractivity contribution in [2.24, 2.45) is 0 Å². The van der Waals surface area contributed by atoms with Gasteiger partial charge in [0.25, 0.3) is 5.56 Å². The van der Waals surface area contributed by atoms with Crippen molar-refractivity contribution in [1.29, 1.82) is 0 Å². The summed E-state index contributed by atoms with van der Waals surface area (Å²) >= 11 is 0. The van der Waals surface area contributed by atoms with E-state index in [9.17, 15) is 9.90 Å². The van der Waals surface area contributed by atoms with Gasteiger partial charge in [-0.25, -0.2) is 0 Å². The molecule has 0 amide bonds. The van der Waals surface area contributed by atoms with Crippen LogP contribution in [0.4, 0.5) is 0 Å². The zero-order valence-electron chi connectivity index (χ0n) is 11.4. The number of H-pyrrole nitrogens is 1. The van der Waals surface area contributed by atoms with Crippen molar-refractivity contribution in [1.82, 2.24) is 19.6 Å². The van der Waals surface area contributed by atoms with Crippen molar-refractivity contribution in [3.63, 3.8) is 0 Å². The lowest BCUT2D eigenvalue weighted by atomic mass is 9.95. The second kappa shape index (κ2) is 4.19. The van der Waals surface area contributed by atoms with Gasteiger partial charge in [-0.3, -0.25) is 9.78 Å². The predicted octanol–water partition coefficient (Wildman–Crippen LogP) is 1.72. The first-order valence-corrected chi connectivity index (χ1v) is 6.22. The van der Waals surface area contributed by atoms with E-state index in [4.69, 9.17) is 0 Å². The largest absolute Gasteiger partial charge is 0.493 e. The summed E-state index contributed by atoms with van der Waals surface area (Å²) in [5, 5.41) is 14.2. The minimum Gasteiger partial charge on any atom is -0.493 e. The zero-order valence-corrected chi connectivity index (χ0v) is 11.4. The highest BCUT2D eigenvalue weighted by molar-refractivity contribution is 5.75. The lowest BCUT2D eigenvalue weighted by molar-refractivity contribution is 0.436. The topological polar surface area (TPSA) is 83.3 Å². The van der Waals surface area contributed by atoms with Gasteiger partial charge in [0, 0.05) is 0 Å². The molecule has 0 aliphatic carbocycles. The van der Waals surface area contributed by atoms with Gasteiger partial charge in [-0.1, -0.05) is 17.7 Å². The Labute approximate surface area is 114 Å². The Morgan fingerprint density at radius 2 is 1.80 bits per heavy atom. The number of aryl methyl sites for hydroxylation is 3. The third-order valence-corrected chi connectivity index (χ3v) is 3.35. The molecule has 2 N–H and O–H groups in total. The standard InChI is InChI=1S/C14H14N4O2/c1-7-4-8(2)10(9(3)5-7)11-12(19)17-14-15-6-16-18(14)13(11)20/h4-6,20H,1-3H3,(H,15,16,17,19). The Morgan fingerprint density at radius 1 is 1.15 bits per heavy atom. The quantitative estimate of drug-likeness (QED) is 0.705. The molecule has 0 unspecified atom stereocenters. The fourth-order valence-corrected chi connectivity index (χ4v) is 2.65. The number of aromatic nitrogens is 4. The van der Waals surface area contributed by atoms with Crippen LogP contribution in [0.25, 0.3) is 16.9 Å². The number of aromatic amines is 1. The number of aromatic hydroxyl groups is 1. The molecule has 0 spiro atoms. The Morgan fingerprint density at radius 3 is 2.45 bits per heavy atom. The predicted molar refractivity (Wildman–Crippen MR) is 74.9 cm³/mol. The average molecular weight is 270 g/mol. The summed E-state index contributed by atoms with van der Waals surface area (Å²) in [5.41, 5.74) is 3.55. The van der Waals surface area contributed by atoms with Gasteiger partial charge in [-0.2, -0.15) is 14.6 Å². The van der Waals surface area contributed by atoms with Crippen LogP contribution < -0.4 is 5.56 Å². The maximum atomic E-state index is 12.2. The van der Waals surface area contributed by atoms with E-state index < -0.39 is 0 Å². The molecule has 0 fully saturated rings. The van der Waals surface area contributed by atoms with Crippen LogP contribution in [-0.4, -0.2) is 24.7 Å². The number of nitrogens with one attached hydrogen (secondary N) is 1. The van der Waals surface area contributed by atoms with Gasteiger partial charge < -0.3 is 5.11 Å². The molecule has 0 aliphatic heterocycles. The van der Waals surface area contributed by atoms with Crippen LogP contribution in [0.5, 0.6) is 5.88 Å². The second-order valence-corrected chi connectivity index (χ2v) is 4.92. The third kappa shape index (κ3) is 1.69. The minimum atomic E-state index is -0.377. The van der Waals surface area contributed by atoms with Crippen LogP contribution in [0.3, 0.4) is 0 Å². The normalized spacial score (nSPS) is 11.2. The van der Waals surface area contributed by atoms with Crippen molar-refractivity contribution >= 4 is 5.78 Å². The van der Waals surface area contributed by atoms with Gasteiger partial charge in [0.2, 0.25) is 11.7 Å². The Kier molecular flexibility index (Phi) is 2.60. The smallest absolute Gasteiger partial charge is 0.264 e. The molecule has 2 heterocycles. The molecule has 0 atom stereocenters. The van der Waals surface area contributed by atoms with Crippen molar-refractivity contribution in [2.75, 3.05) is 0 Å².